The molecule has 0 bridgehead atoms. The Bertz CT molecular complexity index is 2500. The maximum atomic E-state index is 4.76. The lowest BCUT2D eigenvalue weighted by Crippen LogP contribution is -2.02. The van der Waals surface area contributed by atoms with Crippen molar-refractivity contribution in [3.05, 3.63) is 213 Å². The SMILES string of the molecule is C=C(/C=C(\S)C1=CC=C(C2=CC=C(C3=CCCC=C3)CC2)CC1)c1ccccc1.CC.CC.CC.CCc1cccc(-c2ccc3c4c(c5ccccc5c3c2)C=CC4)c1. The van der Waals surface area contributed by atoms with Crippen LogP contribution in [0.4, 0.5) is 0 Å². The Hall–Kier alpha value is -5.37. The van der Waals surface area contributed by atoms with E-state index >= 15 is 0 Å². The van der Waals surface area contributed by atoms with E-state index in [4.69, 9.17) is 12.6 Å². The predicted molar refractivity (Wildman–Crippen MR) is 273 cm³/mol. The van der Waals surface area contributed by atoms with Gasteiger partial charge in [0, 0.05) is 4.91 Å². The van der Waals surface area contributed by atoms with E-state index in [0.29, 0.717) is 0 Å². The van der Waals surface area contributed by atoms with Crippen LogP contribution in [-0.2, 0) is 12.8 Å². The number of hydrogen-bond donors (Lipinski definition) is 1. The molecule has 5 aromatic carbocycles. The van der Waals surface area contributed by atoms with Crippen molar-refractivity contribution in [3.8, 4) is 11.1 Å². The molecule has 4 aliphatic carbocycles. The Kier molecular flexibility index (Phi) is 17.8. The molecule has 0 amide bonds. The lowest BCUT2D eigenvalue weighted by atomic mass is 9.84. The second-order valence-electron chi connectivity index (χ2n) is 14.7. The number of thiol groups is 1. The Balaban J connectivity index is 0.000000204. The van der Waals surface area contributed by atoms with Gasteiger partial charge >= 0.3 is 0 Å². The number of aryl methyl sites for hydroxylation is 1. The smallest absolute Gasteiger partial charge is 0.00781 e. The fourth-order valence-corrected chi connectivity index (χ4v) is 8.60. The highest BCUT2D eigenvalue weighted by Crippen LogP contribution is 2.39. The highest BCUT2D eigenvalue weighted by Gasteiger charge is 2.17. The molecule has 0 saturated heterocycles. The minimum Gasteiger partial charge on any atom is -0.143 e. The van der Waals surface area contributed by atoms with Crippen LogP contribution in [0.3, 0.4) is 0 Å². The van der Waals surface area contributed by atoms with E-state index in [9.17, 15) is 0 Å². The van der Waals surface area contributed by atoms with Gasteiger partial charge in [-0.3, -0.25) is 0 Å². The Morgan fingerprint density at radius 1 is 0.600 bits per heavy atom. The van der Waals surface area contributed by atoms with Crippen molar-refractivity contribution in [1.82, 2.24) is 0 Å². The summed E-state index contributed by atoms with van der Waals surface area (Å²) in [5.41, 5.74) is 16.2. The molecular weight excluding hydrogens is 741 g/mol. The summed E-state index contributed by atoms with van der Waals surface area (Å²) in [6.45, 7) is 18.4. The van der Waals surface area contributed by atoms with Gasteiger partial charge in [0.25, 0.3) is 0 Å². The molecule has 0 radical (unpaired) electrons. The summed E-state index contributed by atoms with van der Waals surface area (Å²) in [6, 6.07) is 35.0. The third-order valence-corrected chi connectivity index (χ3v) is 11.7. The number of rotatable bonds is 7. The van der Waals surface area contributed by atoms with Crippen molar-refractivity contribution in [2.24, 2.45) is 0 Å². The second kappa shape index (κ2) is 23.4. The second-order valence-corrected chi connectivity index (χ2v) is 15.2. The summed E-state index contributed by atoms with van der Waals surface area (Å²) >= 11 is 4.76. The molecule has 0 heterocycles. The lowest BCUT2D eigenvalue weighted by molar-refractivity contribution is 0.861. The molecule has 0 unspecified atom stereocenters. The molecule has 0 nitrogen and oxygen atoms in total. The van der Waals surface area contributed by atoms with Crippen LogP contribution in [0.5, 0.6) is 0 Å². The molecule has 4 aliphatic rings. The van der Waals surface area contributed by atoms with Crippen LogP contribution < -0.4 is 0 Å². The predicted octanol–water partition coefficient (Wildman–Crippen LogP) is 18.0. The van der Waals surface area contributed by atoms with E-state index in [2.05, 4.69) is 153 Å². The van der Waals surface area contributed by atoms with Gasteiger partial charge in [0.2, 0.25) is 0 Å². The van der Waals surface area contributed by atoms with Gasteiger partial charge in [0.1, 0.15) is 0 Å². The molecule has 60 heavy (non-hydrogen) atoms. The first-order chi connectivity index (χ1) is 29.6. The summed E-state index contributed by atoms with van der Waals surface area (Å²) in [4.78, 5) is 1.02. The summed E-state index contributed by atoms with van der Waals surface area (Å²) in [7, 11) is 0. The summed E-state index contributed by atoms with van der Waals surface area (Å²) in [5.74, 6) is 0. The Morgan fingerprint density at radius 3 is 1.93 bits per heavy atom. The molecule has 5 aromatic rings. The minimum atomic E-state index is 1.00. The fourth-order valence-electron chi connectivity index (χ4n) is 8.25. The van der Waals surface area contributed by atoms with Gasteiger partial charge in [0.15, 0.2) is 0 Å². The zero-order valence-corrected chi connectivity index (χ0v) is 38.2. The van der Waals surface area contributed by atoms with Crippen LogP contribution in [0.1, 0.15) is 109 Å². The normalized spacial score (nSPS) is 15.1. The molecule has 9 rings (SSSR count). The maximum absolute atomic E-state index is 4.76. The van der Waals surface area contributed by atoms with Crippen molar-refractivity contribution in [3.63, 3.8) is 0 Å². The molecule has 0 aromatic heterocycles. The third-order valence-electron chi connectivity index (χ3n) is 11.3. The molecule has 0 aliphatic heterocycles. The van der Waals surface area contributed by atoms with Gasteiger partial charge in [-0.1, -0.05) is 201 Å². The molecule has 0 saturated carbocycles. The average Bonchev–Trinajstić information content (AvgIpc) is 3.85. The van der Waals surface area contributed by atoms with E-state index in [-0.39, 0.29) is 0 Å². The van der Waals surface area contributed by atoms with Gasteiger partial charge in [0.05, 0.1) is 0 Å². The molecule has 0 N–H and O–H groups in total. The number of allylic oxidation sites excluding steroid dienone is 15. The highest BCUT2D eigenvalue weighted by molar-refractivity contribution is 7.84. The van der Waals surface area contributed by atoms with Crippen molar-refractivity contribution in [2.75, 3.05) is 0 Å². The van der Waals surface area contributed by atoms with Crippen LogP contribution >= 0.6 is 12.6 Å². The highest BCUT2D eigenvalue weighted by atomic mass is 32.1. The Morgan fingerprint density at radius 2 is 1.27 bits per heavy atom. The largest absolute Gasteiger partial charge is 0.143 e. The lowest BCUT2D eigenvalue weighted by Gasteiger charge is -2.21. The standard InChI is InChI=1S/C28H28S.C25H20.3C2H6/c1-21(22-8-4-2-5-9-22)20-28(29)27-18-16-26(17-19-27)25-14-12-24(13-15-25)23-10-6-3-7-11-23;1-2-17-7-5-8-18(15-17)19-13-14-24-22-12-6-11-21(22)20-9-3-4-10-23(20)25(24)16-19;3*1-2/h2,4-6,8-12,14,16,18,20,29H,1,3,7,13,15,17,19H2;3-11,13-16H,2,12H2,1H3;3*1-2H3/b28-20-;;;;. The topological polar surface area (TPSA) is 0 Å². The molecule has 1 heteroatoms. The first-order valence-electron chi connectivity index (χ1n) is 22.6. The van der Waals surface area contributed by atoms with Crippen LogP contribution in [-0.4, -0.2) is 0 Å². The van der Waals surface area contributed by atoms with Gasteiger partial charge in [-0.05, 0) is 152 Å². The Labute approximate surface area is 368 Å². The summed E-state index contributed by atoms with van der Waals surface area (Å²) in [6.07, 6.45) is 31.7. The van der Waals surface area contributed by atoms with Crippen molar-refractivity contribution in [2.45, 2.75) is 99.8 Å². The molecular formula is C59H66S. The zero-order chi connectivity index (χ0) is 42.9. The van der Waals surface area contributed by atoms with Gasteiger partial charge in [-0.25, -0.2) is 0 Å². The molecule has 0 spiro atoms. The summed E-state index contributed by atoms with van der Waals surface area (Å²) < 4.78 is 0. The number of fused-ring (bicyclic) bond motifs is 6. The summed E-state index contributed by atoms with van der Waals surface area (Å²) in [5, 5.41) is 5.50. The average molecular weight is 807 g/mol. The van der Waals surface area contributed by atoms with Gasteiger partial charge < -0.3 is 0 Å². The van der Waals surface area contributed by atoms with Crippen molar-refractivity contribution in [1.29, 1.82) is 0 Å². The minimum absolute atomic E-state index is 1.00. The zero-order valence-electron chi connectivity index (χ0n) is 37.3. The van der Waals surface area contributed by atoms with Crippen LogP contribution in [0.25, 0.3) is 44.3 Å². The van der Waals surface area contributed by atoms with Crippen LogP contribution in [0.2, 0.25) is 0 Å². The first-order valence-corrected chi connectivity index (χ1v) is 23.1. The van der Waals surface area contributed by atoms with E-state index in [1.54, 1.807) is 0 Å². The van der Waals surface area contributed by atoms with Crippen LogP contribution in [0, 0.1) is 0 Å². The van der Waals surface area contributed by atoms with E-state index in [0.717, 1.165) is 54.6 Å². The number of benzene rings is 5. The quantitative estimate of drug-likeness (QED) is 0.0945. The maximum Gasteiger partial charge on any atom is 0.00781 e. The van der Waals surface area contributed by atoms with Gasteiger partial charge in [-0.15, -0.1) is 12.6 Å². The number of hydrogen-bond acceptors (Lipinski definition) is 1. The monoisotopic (exact) mass is 806 g/mol. The molecule has 308 valence electrons. The van der Waals surface area contributed by atoms with Gasteiger partial charge in [-0.2, -0.15) is 0 Å². The van der Waals surface area contributed by atoms with E-state index < -0.39 is 0 Å². The third kappa shape index (κ3) is 11.1. The first kappa shape index (κ1) is 45.7. The van der Waals surface area contributed by atoms with Crippen molar-refractivity contribution >= 4 is 45.8 Å². The molecule has 0 fully saturated rings. The fraction of sp³-hybridized carbons (Fsp3) is 0.254. The van der Waals surface area contributed by atoms with E-state index in [1.165, 1.54) is 90.1 Å². The van der Waals surface area contributed by atoms with E-state index in [1.807, 2.05) is 59.7 Å². The van der Waals surface area contributed by atoms with Crippen molar-refractivity contribution < 1.29 is 0 Å². The van der Waals surface area contributed by atoms with Crippen LogP contribution in [0.15, 0.2) is 191 Å². The molecule has 0 atom stereocenters.